The van der Waals surface area contributed by atoms with E-state index in [-0.39, 0.29) is 5.76 Å². The van der Waals surface area contributed by atoms with Crippen LogP contribution >= 0.6 is 0 Å². The zero-order valence-electron chi connectivity index (χ0n) is 12.1. The van der Waals surface area contributed by atoms with Crippen molar-refractivity contribution >= 4 is 16.9 Å². The molecule has 3 aromatic rings. The molecule has 2 aromatic carbocycles. The molecular formula is C18H16O3. The molecule has 0 saturated heterocycles. The molecule has 3 rings (SSSR count). The van der Waals surface area contributed by atoms with Gasteiger partial charge in [-0.25, -0.2) is 4.79 Å². The Morgan fingerprint density at radius 1 is 1.10 bits per heavy atom. The number of hydrogen-bond donors (Lipinski definition) is 0. The van der Waals surface area contributed by atoms with Crippen LogP contribution in [0, 0.1) is 6.92 Å². The lowest BCUT2D eigenvalue weighted by atomic mass is 10.0. The Hall–Kier alpha value is -2.55. The van der Waals surface area contributed by atoms with Crippen molar-refractivity contribution in [1.29, 1.82) is 0 Å². The fraction of sp³-hybridized carbons (Fsp3) is 0.167. The first kappa shape index (κ1) is 13.4. The third kappa shape index (κ3) is 2.42. The molecule has 1 aromatic heterocycles. The number of carbonyl (C=O) groups is 1. The number of esters is 1. The summed E-state index contributed by atoms with van der Waals surface area (Å²) in [6, 6.07) is 16.1. The van der Waals surface area contributed by atoms with Crippen molar-refractivity contribution in [3.05, 3.63) is 59.9 Å². The molecule has 0 bridgehead atoms. The van der Waals surface area contributed by atoms with E-state index < -0.39 is 5.97 Å². The normalized spacial score (nSPS) is 10.8. The monoisotopic (exact) mass is 280 g/mol. The lowest BCUT2D eigenvalue weighted by Gasteiger charge is -2.01. The van der Waals surface area contributed by atoms with Gasteiger partial charge in [0, 0.05) is 10.9 Å². The van der Waals surface area contributed by atoms with Crippen LogP contribution < -0.4 is 0 Å². The van der Waals surface area contributed by atoms with Crippen molar-refractivity contribution < 1.29 is 13.9 Å². The van der Waals surface area contributed by atoms with E-state index in [1.54, 1.807) is 6.92 Å². The van der Waals surface area contributed by atoms with Crippen molar-refractivity contribution in [3.8, 4) is 11.1 Å². The topological polar surface area (TPSA) is 39.4 Å². The molecule has 0 fully saturated rings. The van der Waals surface area contributed by atoms with Gasteiger partial charge in [0.25, 0.3) is 0 Å². The molecule has 0 saturated carbocycles. The van der Waals surface area contributed by atoms with Crippen LogP contribution in [0.1, 0.15) is 23.0 Å². The van der Waals surface area contributed by atoms with E-state index in [0.717, 1.165) is 22.1 Å². The van der Waals surface area contributed by atoms with Gasteiger partial charge in [-0.15, -0.1) is 0 Å². The summed E-state index contributed by atoms with van der Waals surface area (Å²) in [6.45, 7) is 4.00. The second-order valence-electron chi connectivity index (χ2n) is 4.85. The summed E-state index contributed by atoms with van der Waals surface area (Å²) in [6.07, 6.45) is 0. The average Bonchev–Trinajstić information content (AvgIpc) is 2.85. The molecule has 3 heteroatoms. The summed E-state index contributed by atoms with van der Waals surface area (Å²) in [5.74, 6) is -0.121. The van der Waals surface area contributed by atoms with Gasteiger partial charge >= 0.3 is 5.97 Å². The van der Waals surface area contributed by atoms with Crippen molar-refractivity contribution in [2.24, 2.45) is 0 Å². The van der Waals surface area contributed by atoms with Crippen molar-refractivity contribution in [3.63, 3.8) is 0 Å². The molecule has 0 atom stereocenters. The largest absolute Gasteiger partial charge is 0.460 e. The first-order valence-electron chi connectivity index (χ1n) is 6.96. The Morgan fingerprint density at radius 2 is 1.86 bits per heavy atom. The Labute approximate surface area is 123 Å². The molecule has 3 nitrogen and oxygen atoms in total. The highest BCUT2D eigenvalue weighted by atomic mass is 16.5. The molecule has 0 aliphatic heterocycles. The van der Waals surface area contributed by atoms with Crippen LogP contribution in [0.25, 0.3) is 22.1 Å². The number of hydrogen-bond acceptors (Lipinski definition) is 3. The van der Waals surface area contributed by atoms with Crippen LogP contribution in [0.4, 0.5) is 0 Å². The Balaban J connectivity index is 2.10. The summed E-state index contributed by atoms with van der Waals surface area (Å²) < 4.78 is 10.6. The summed E-state index contributed by atoms with van der Waals surface area (Å²) in [7, 11) is 0. The standard InChI is InChI=1S/C18H16O3/c1-3-20-18(19)17-12(2)15-11-14(9-10-16(15)21-17)13-7-5-4-6-8-13/h4-11H,3H2,1-2H3. The lowest BCUT2D eigenvalue weighted by molar-refractivity contribution is 0.0491. The minimum atomic E-state index is -0.410. The molecule has 21 heavy (non-hydrogen) atoms. The third-order valence-corrected chi connectivity index (χ3v) is 3.50. The fourth-order valence-electron chi connectivity index (χ4n) is 2.42. The summed E-state index contributed by atoms with van der Waals surface area (Å²) in [5, 5.41) is 0.944. The second-order valence-corrected chi connectivity index (χ2v) is 4.85. The summed E-state index contributed by atoms with van der Waals surface area (Å²) in [5.41, 5.74) is 3.76. The molecule has 0 aliphatic carbocycles. The highest BCUT2D eigenvalue weighted by molar-refractivity contribution is 5.97. The molecule has 1 heterocycles. The van der Waals surface area contributed by atoms with E-state index >= 15 is 0 Å². The van der Waals surface area contributed by atoms with Crippen LogP contribution in [0.2, 0.25) is 0 Å². The molecular weight excluding hydrogens is 264 g/mol. The van der Waals surface area contributed by atoms with Gasteiger partial charge in [0.15, 0.2) is 0 Å². The van der Waals surface area contributed by atoms with Gasteiger partial charge in [-0.3, -0.25) is 0 Å². The summed E-state index contributed by atoms with van der Waals surface area (Å²) in [4.78, 5) is 11.9. The van der Waals surface area contributed by atoms with E-state index in [9.17, 15) is 4.79 Å². The van der Waals surface area contributed by atoms with Gasteiger partial charge in [-0.1, -0.05) is 36.4 Å². The Morgan fingerprint density at radius 3 is 2.57 bits per heavy atom. The van der Waals surface area contributed by atoms with E-state index in [0.29, 0.717) is 12.2 Å². The smallest absolute Gasteiger partial charge is 0.374 e. The highest BCUT2D eigenvalue weighted by Crippen LogP contribution is 2.30. The quantitative estimate of drug-likeness (QED) is 0.659. The number of benzene rings is 2. The zero-order valence-corrected chi connectivity index (χ0v) is 12.1. The van der Waals surface area contributed by atoms with Crippen LogP contribution in [-0.2, 0) is 4.74 Å². The van der Waals surface area contributed by atoms with Gasteiger partial charge in [0.05, 0.1) is 6.61 Å². The average molecular weight is 280 g/mol. The highest BCUT2D eigenvalue weighted by Gasteiger charge is 2.18. The molecule has 0 spiro atoms. The van der Waals surface area contributed by atoms with E-state index in [1.807, 2.05) is 43.3 Å². The first-order valence-corrected chi connectivity index (χ1v) is 6.96. The summed E-state index contributed by atoms with van der Waals surface area (Å²) >= 11 is 0. The van der Waals surface area contributed by atoms with E-state index in [2.05, 4.69) is 12.1 Å². The predicted octanol–water partition coefficient (Wildman–Crippen LogP) is 4.58. The minimum Gasteiger partial charge on any atom is -0.460 e. The molecule has 0 aliphatic rings. The lowest BCUT2D eigenvalue weighted by Crippen LogP contribution is -2.04. The number of carbonyl (C=O) groups excluding carboxylic acids is 1. The van der Waals surface area contributed by atoms with Crippen molar-refractivity contribution in [1.82, 2.24) is 0 Å². The second kappa shape index (κ2) is 5.44. The van der Waals surface area contributed by atoms with Crippen molar-refractivity contribution in [2.45, 2.75) is 13.8 Å². The number of fused-ring (bicyclic) bond motifs is 1. The van der Waals surface area contributed by atoms with Gasteiger partial charge in [-0.2, -0.15) is 0 Å². The molecule has 106 valence electrons. The molecule has 0 amide bonds. The number of rotatable bonds is 3. The van der Waals surface area contributed by atoms with Crippen LogP contribution in [0.15, 0.2) is 52.9 Å². The maximum Gasteiger partial charge on any atom is 0.374 e. The number of ether oxygens (including phenoxy) is 1. The van der Waals surface area contributed by atoms with Crippen LogP contribution in [-0.4, -0.2) is 12.6 Å². The van der Waals surface area contributed by atoms with Gasteiger partial charge < -0.3 is 9.15 Å². The molecule has 0 unspecified atom stereocenters. The van der Waals surface area contributed by atoms with Crippen molar-refractivity contribution in [2.75, 3.05) is 6.61 Å². The first-order chi connectivity index (χ1) is 10.2. The Kier molecular flexibility index (Phi) is 3.48. The van der Waals surface area contributed by atoms with E-state index in [4.69, 9.17) is 9.15 Å². The Bertz CT molecular complexity index is 785. The molecule has 0 radical (unpaired) electrons. The maximum absolute atomic E-state index is 11.9. The van der Waals surface area contributed by atoms with Gasteiger partial charge in [-0.05, 0) is 37.1 Å². The zero-order chi connectivity index (χ0) is 14.8. The number of furan rings is 1. The third-order valence-electron chi connectivity index (χ3n) is 3.50. The SMILES string of the molecule is CCOC(=O)c1oc2ccc(-c3ccccc3)cc2c1C. The predicted molar refractivity (Wildman–Crippen MR) is 82.3 cm³/mol. The number of aryl methyl sites for hydroxylation is 1. The molecule has 0 N–H and O–H groups in total. The van der Waals surface area contributed by atoms with Crippen LogP contribution in [0.3, 0.4) is 0 Å². The van der Waals surface area contributed by atoms with Gasteiger partial charge in [0.2, 0.25) is 5.76 Å². The van der Waals surface area contributed by atoms with Crippen LogP contribution in [0.5, 0.6) is 0 Å². The maximum atomic E-state index is 11.9. The fourth-order valence-corrected chi connectivity index (χ4v) is 2.42. The minimum absolute atomic E-state index is 0.289. The van der Waals surface area contributed by atoms with Gasteiger partial charge in [0.1, 0.15) is 5.58 Å². The van der Waals surface area contributed by atoms with E-state index in [1.165, 1.54) is 0 Å².